The molecule has 0 saturated carbocycles. The normalized spacial score (nSPS) is 23.6. The molecule has 124 valence electrons. The predicted molar refractivity (Wildman–Crippen MR) is 96.0 cm³/mol. The molecule has 2 nitrogen and oxygen atoms in total. The fourth-order valence-electron chi connectivity index (χ4n) is 3.82. The molecule has 0 aliphatic carbocycles. The fraction of sp³-hybridized carbons (Fsp3) is 0.700. The molecule has 2 atom stereocenters. The lowest BCUT2D eigenvalue weighted by Gasteiger charge is -2.40. The number of nitrogens with zero attached hydrogens (tertiary/aromatic N) is 1. The number of benzene rings is 1. The summed E-state index contributed by atoms with van der Waals surface area (Å²) in [4.78, 5) is 2.67. The van der Waals surface area contributed by atoms with E-state index in [-0.39, 0.29) is 0 Å². The van der Waals surface area contributed by atoms with Crippen LogP contribution in [0.5, 0.6) is 0 Å². The molecular weight excluding hydrogens is 268 g/mol. The Morgan fingerprint density at radius 3 is 2.50 bits per heavy atom. The smallest absolute Gasteiger partial charge is 0.0208 e. The van der Waals surface area contributed by atoms with E-state index in [9.17, 15) is 0 Å². The molecule has 2 rings (SSSR count). The van der Waals surface area contributed by atoms with E-state index in [1.807, 2.05) is 0 Å². The number of likely N-dealkylation sites (tertiary alicyclic amines) is 1. The number of hydrogen-bond donors (Lipinski definition) is 1. The van der Waals surface area contributed by atoms with Gasteiger partial charge in [-0.3, -0.25) is 0 Å². The second-order valence-electron chi connectivity index (χ2n) is 8.19. The molecule has 22 heavy (non-hydrogen) atoms. The fourth-order valence-corrected chi connectivity index (χ4v) is 3.82. The third kappa shape index (κ3) is 6.10. The van der Waals surface area contributed by atoms with E-state index in [0.717, 1.165) is 12.5 Å². The van der Waals surface area contributed by atoms with Crippen LogP contribution in [0.2, 0.25) is 0 Å². The van der Waals surface area contributed by atoms with Crippen LogP contribution in [0, 0.1) is 11.3 Å². The van der Waals surface area contributed by atoms with Crippen LogP contribution in [0.1, 0.15) is 52.5 Å². The van der Waals surface area contributed by atoms with Gasteiger partial charge in [0.1, 0.15) is 0 Å². The third-order valence-corrected chi connectivity index (χ3v) is 4.49. The second kappa shape index (κ2) is 8.12. The summed E-state index contributed by atoms with van der Waals surface area (Å²) in [6.07, 6.45) is 3.91. The highest BCUT2D eigenvalue weighted by atomic mass is 15.2. The van der Waals surface area contributed by atoms with Crippen LogP contribution in [-0.4, -0.2) is 30.6 Å². The van der Waals surface area contributed by atoms with Crippen LogP contribution in [-0.2, 0) is 6.54 Å². The number of nitrogens with one attached hydrogen (secondary N) is 1. The largest absolute Gasteiger partial charge is 0.309 e. The maximum Gasteiger partial charge on any atom is 0.0208 e. The summed E-state index contributed by atoms with van der Waals surface area (Å²) >= 11 is 0. The van der Waals surface area contributed by atoms with Gasteiger partial charge in [-0.2, -0.15) is 0 Å². The Morgan fingerprint density at radius 2 is 1.86 bits per heavy atom. The van der Waals surface area contributed by atoms with E-state index in [1.165, 1.54) is 44.5 Å². The molecule has 1 aliphatic rings. The van der Waals surface area contributed by atoms with Gasteiger partial charge < -0.3 is 10.2 Å². The van der Waals surface area contributed by atoms with Crippen molar-refractivity contribution in [3.63, 3.8) is 0 Å². The minimum atomic E-state index is 0.434. The summed E-state index contributed by atoms with van der Waals surface area (Å²) < 4.78 is 0. The number of piperidine rings is 1. The van der Waals surface area contributed by atoms with Gasteiger partial charge in [0.15, 0.2) is 0 Å². The van der Waals surface area contributed by atoms with Crippen molar-refractivity contribution >= 4 is 0 Å². The van der Waals surface area contributed by atoms with Crippen LogP contribution in [0.15, 0.2) is 30.3 Å². The van der Waals surface area contributed by atoms with E-state index in [0.29, 0.717) is 11.5 Å². The number of rotatable bonds is 6. The molecule has 1 fully saturated rings. The van der Waals surface area contributed by atoms with E-state index >= 15 is 0 Å². The van der Waals surface area contributed by atoms with Crippen LogP contribution in [0.25, 0.3) is 0 Å². The molecule has 0 spiro atoms. The molecule has 2 unspecified atom stereocenters. The molecule has 1 aromatic rings. The first-order valence-electron chi connectivity index (χ1n) is 8.96. The standard InChI is InChI=1S/C20H34N2/c1-5-11-22-15-18(13-20(2,3)4)12-19(16-22)21-14-17-9-7-6-8-10-17/h6-10,18-19,21H,5,11-16H2,1-4H3. The summed E-state index contributed by atoms with van der Waals surface area (Å²) in [7, 11) is 0. The average molecular weight is 303 g/mol. The molecule has 1 heterocycles. The van der Waals surface area contributed by atoms with Crippen molar-refractivity contribution in [3.8, 4) is 0 Å². The highest BCUT2D eigenvalue weighted by molar-refractivity contribution is 5.14. The minimum Gasteiger partial charge on any atom is -0.309 e. The van der Waals surface area contributed by atoms with Crippen molar-refractivity contribution in [2.75, 3.05) is 19.6 Å². The highest BCUT2D eigenvalue weighted by Crippen LogP contribution is 2.30. The maximum atomic E-state index is 3.80. The van der Waals surface area contributed by atoms with Gasteiger partial charge >= 0.3 is 0 Å². The Bertz CT molecular complexity index is 421. The van der Waals surface area contributed by atoms with Gasteiger partial charge in [-0.1, -0.05) is 58.0 Å². The summed E-state index contributed by atoms with van der Waals surface area (Å²) in [6.45, 7) is 14.1. The Morgan fingerprint density at radius 1 is 1.14 bits per heavy atom. The number of hydrogen-bond acceptors (Lipinski definition) is 2. The molecule has 0 radical (unpaired) electrons. The molecule has 1 saturated heterocycles. The molecule has 0 aromatic heterocycles. The minimum absolute atomic E-state index is 0.434. The lowest BCUT2D eigenvalue weighted by molar-refractivity contribution is 0.113. The summed E-state index contributed by atoms with van der Waals surface area (Å²) in [6, 6.07) is 11.4. The molecule has 1 aliphatic heterocycles. The molecule has 2 heteroatoms. The summed E-state index contributed by atoms with van der Waals surface area (Å²) in [5, 5.41) is 3.80. The SMILES string of the molecule is CCCN1CC(CC(C)(C)C)CC(NCc2ccccc2)C1. The zero-order valence-electron chi connectivity index (χ0n) is 14.9. The van der Waals surface area contributed by atoms with E-state index < -0.39 is 0 Å². The average Bonchev–Trinajstić information content (AvgIpc) is 2.44. The van der Waals surface area contributed by atoms with Gasteiger partial charge in [-0.25, -0.2) is 0 Å². The van der Waals surface area contributed by atoms with Gasteiger partial charge in [-0.05, 0) is 42.7 Å². The third-order valence-electron chi connectivity index (χ3n) is 4.49. The lowest BCUT2D eigenvalue weighted by Crippen LogP contribution is -2.49. The summed E-state index contributed by atoms with van der Waals surface area (Å²) in [5.41, 5.74) is 1.83. The first kappa shape index (κ1) is 17.5. The Kier molecular flexibility index (Phi) is 6.46. The molecule has 0 bridgehead atoms. The Balaban J connectivity index is 1.90. The topological polar surface area (TPSA) is 15.3 Å². The van der Waals surface area contributed by atoms with E-state index in [2.05, 4.69) is 68.2 Å². The lowest BCUT2D eigenvalue weighted by atomic mass is 9.80. The zero-order chi connectivity index (χ0) is 16.0. The van der Waals surface area contributed by atoms with E-state index in [4.69, 9.17) is 0 Å². The van der Waals surface area contributed by atoms with Crippen molar-refractivity contribution in [1.82, 2.24) is 10.2 Å². The Hall–Kier alpha value is -0.860. The maximum absolute atomic E-state index is 3.80. The Labute approximate surface area is 137 Å². The van der Waals surface area contributed by atoms with Crippen molar-refractivity contribution < 1.29 is 0 Å². The van der Waals surface area contributed by atoms with Crippen LogP contribution in [0.3, 0.4) is 0 Å². The van der Waals surface area contributed by atoms with Crippen LogP contribution >= 0.6 is 0 Å². The van der Waals surface area contributed by atoms with Crippen molar-refractivity contribution in [3.05, 3.63) is 35.9 Å². The van der Waals surface area contributed by atoms with Gasteiger partial charge in [0.05, 0.1) is 0 Å². The van der Waals surface area contributed by atoms with Crippen LogP contribution in [0.4, 0.5) is 0 Å². The monoisotopic (exact) mass is 302 g/mol. The molecule has 1 N–H and O–H groups in total. The predicted octanol–water partition coefficient (Wildman–Crippen LogP) is 4.31. The molecular formula is C20H34N2. The van der Waals surface area contributed by atoms with Gasteiger partial charge in [0.2, 0.25) is 0 Å². The first-order chi connectivity index (χ1) is 10.5. The highest BCUT2D eigenvalue weighted by Gasteiger charge is 2.29. The molecule has 1 aromatic carbocycles. The van der Waals surface area contributed by atoms with Gasteiger partial charge in [-0.15, -0.1) is 0 Å². The van der Waals surface area contributed by atoms with Crippen molar-refractivity contribution in [1.29, 1.82) is 0 Å². The quantitative estimate of drug-likeness (QED) is 0.842. The zero-order valence-corrected chi connectivity index (χ0v) is 14.9. The van der Waals surface area contributed by atoms with Crippen molar-refractivity contribution in [2.24, 2.45) is 11.3 Å². The molecule has 0 amide bonds. The van der Waals surface area contributed by atoms with Gasteiger partial charge in [0, 0.05) is 25.7 Å². The van der Waals surface area contributed by atoms with Crippen molar-refractivity contribution in [2.45, 2.75) is 59.5 Å². The first-order valence-corrected chi connectivity index (χ1v) is 8.96. The summed E-state index contributed by atoms with van der Waals surface area (Å²) in [5.74, 6) is 0.827. The second-order valence-corrected chi connectivity index (χ2v) is 8.19. The van der Waals surface area contributed by atoms with E-state index in [1.54, 1.807) is 0 Å². The van der Waals surface area contributed by atoms with Crippen LogP contribution < -0.4 is 5.32 Å². The van der Waals surface area contributed by atoms with Gasteiger partial charge in [0.25, 0.3) is 0 Å².